The fourth-order valence-electron chi connectivity index (χ4n) is 3.82. The van der Waals surface area contributed by atoms with Crippen LogP contribution in [0.2, 0.25) is 0 Å². The normalized spacial score (nSPS) is 16.0. The summed E-state index contributed by atoms with van der Waals surface area (Å²) in [6.07, 6.45) is 5.78. The molecule has 0 amide bonds. The molecule has 1 N–H and O–H groups in total. The van der Waals surface area contributed by atoms with E-state index in [-0.39, 0.29) is 0 Å². The van der Waals surface area contributed by atoms with Crippen LogP contribution >= 0.6 is 0 Å². The Bertz CT molecular complexity index is 1330. The summed E-state index contributed by atoms with van der Waals surface area (Å²) in [6, 6.07) is 17.7. The van der Waals surface area contributed by atoms with Gasteiger partial charge in [0, 0.05) is 24.6 Å². The number of hydrogen-bond acceptors (Lipinski definition) is 7. The third-order valence-electron chi connectivity index (χ3n) is 5.50. The summed E-state index contributed by atoms with van der Waals surface area (Å²) in [4.78, 5) is 15.6. The van der Waals surface area contributed by atoms with Crippen molar-refractivity contribution in [1.29, 1.82) is 5.26 Å². The lowest BCUT2D eigenvalue weighted by molar-refractivity contribution is 0.455. The highest BCUT2D eigenvalue weighted by molar-refractivity contribution is 6.02. The molecule has 0 aliphatic carbocycles. The van der Waals surface area contributed by atoms with E-state index in [4.69, 9.17) is 15.0 Å². The number of guanidine groups is 1. The molecule has 7 nitrogen and oxygen atoms in total. The molecule has 176 valence electrons. The maximum absolute atomic E-state index is 9.04. The number of nitrogens with zero attached hydrogens (tertiary/aromatic N) is 5. The number of pyridine rings is 1. The summed E-state index contributed by atoms with van der Waals surface area (Å²) >= 11 is 0. The SMILES string of the molecule is Cc1cc(-c2cc(C)c(O/C3=N/C(Nc4ccc(C#N)cc4)=NC/C=C\N(C)C3)c(C)c2)ccn1. The van der Waals surface area contributed by atoms with E-state index >= 15 is 0 Å². The molecule has 2 heterocycles. The van der Waals surface area contributed by atoms with Crippen molar-refractivity contribution < 1.29 is 4.74 Å². The van der Waals surface area contributed by atoms with Crippen molar-refractivity contribution in [2.75, 3.05) is 25.5 Å². The first-order valence-corrected chi connectivity index (χ1v) is 11.4. The number of ether oxygens (including phenoxy) is 1. The van der Waals surface area contributed by atoms with E-state index in [0.29, 0.717) is 30.5 Å². The highest BCUT2D eigenvalue weighted by Crippen LogP contribution is 2.30. The third-order valence-corrected chi connectivity index (χ3v) is 5.50. The van der Waals surface area contributed by atoms with Gasteiger partial charge in [0.1, 0.15) is 5.75 Å². The number of aryl methyl sites for hydroxylation is 3. The summed E-state index contributed by atoms with van der Waals surface area (Å²) in [5.41, 5.74) is 6.67. The van der Waals surface area contributed by atoms with Crippen LogP contribution in [0.15, 0.2) is 77.0 Å². The molecule has 7 heteroatoms. The molecular formula is C28H28N6O. The van der Waals surface area contributed by atoms with E-state index < -0.39 is 0 Å². The maximum Gasteiger partial charge on any atom is 0.225 e. The van der Waals surface area contributed by atoms with Gasteiger partial charge in [-0.05, 0) is 104 Å². The Labute approximate surface area is 206 Å². The molecule has 2 aromatic carbocycles. The molecule has 0 bridgehead atoms. The molecule has 0 fully saturated rings. The smallest absolute Gasteiger partial charge is 0.225 e. The minimum atomic E-state index is 0.448. The molecule has 0 unspecified atom stereocenters. The third kappa shape index (κ3) is 6.12. The largest absolute Gasteiger partial charge is 0.440 e. The monoisotopic (exact) mass is 464 g/mol. The Morgan fingerprint density at radius 3 is 2.43 bits per heavy atom. The highest BCUT2D eigenvalue weighted by Gasteiger charge is 2.14. The van der Waals surface area contributed by atoms with Gasteiger partial charge in [0.25, 0.3) is 0 Å². The van der Waals surface area contributed by atoms with Crippen LogP contribution in [-0.4, -0.2) is 41.9 Å². The van der Waals surface area contributed by atoms with Crippen molar-refractivity contribution in [1.82, 2.24) is 9.88 Å². The maximum atomic E-state index is 9.04. The number of anilines is 1. The van der Waals surface area contributed by atoms with Crippen molar-refractivity contribution in [2.24, 2.45) is 9.98 Å². The van der Waals surface area contributed by atoms with Gasteiger partial charge in [-0.2, -0.15) is 10.3 Å². The molecule has 1 aliphatic rings. The zero-order chi connectivity index (χ0) is 24.8. The molecule has 0 saturated carbocycles. The van der Waals surface area contributed by atoms with Crippen LogP contribution in [0.4, 0.5) is 5.69 Å². The molecule has 4 rings (SSSR count). The standard InChI is InChI=1S/C28H28N6O/c1-19-14-24(23-10-12-30-21(3)16-23)15-20(2)27(19)35-26-18-34(4)13-5-11-31-28(33-26)32-25-8-6-22(17-29)7-9-25/h5-10,12-16H,11,18H2,1-4H3,(H,31,32)/b13-5-,33-26+. The predicted octanol–water partition coefficient (Wildman–Crippen LogP) is 5.25. The first-order valence-electron chi connectivity index (χ1n) is 11.4. The van der Waals surface area contributed by atoms with Gasteiger partial charge < -0.3 is 15.0 Å². The molecule has 0 radical (unpaired) electrons. The van der Waals surface area contributed by atoms with Gasteiger partial charge in [0.15, 0.2) is 0 Å². The minimum Gasteiger partial charge on any atom is -0.440 e. The number of hydrogen-bond donors (Lipinski definition) is 1. The van der Waals surface area contributed by atoms with Crippen LogP contribution in [0.5, 0.6) is 5.75 Å². The highest BCUT2D eigenvalue weighted by atomic mass is 16.5. The van der Waals surface area contributed by atoms with E-state index in [1.54, 1.807) is 12.1 Å². The molecule has 1 aliphatic heterocycles. The fourth-order valence-corrected chi connectivity index (χ4v) is 3.82. The first-order chi connectivity index (χ1) is 16.9. The van der Waals surface area contributed by atoms with E-state index in [1.165, 1.54) is 0 Å². The number of likely N-dealkylation sites (N-methyl/N-ethyl adjacent to an activating group) is 1. The quantitative estimate of drug-likeness (QED) is 0.572. The van der Waals surface area contributed by atoms with Gasteiger partial charge in [-0.1, -0.05) is 0 Å². The van der Waals surface area contributed by atoms with Crippen molar-refractivity contribution in [3.05, 3.63) is 89.4 Å². The van der Waals surface area contributed by atoms with Gasteiger partial charge in [0.2, 0.25) is 11.9 Å². The van der Waals surface area contributed by atoms with Crippen molar-refractivity contribution in [3.8, 4) is 22.9 Å². The lowest BCUT2D eigenvalue weighted by Crippen LogP contribution is -2.27. The van der Waals surface area contributed by atoms with E-state index in [9.17, 15) is 0 Å². The summed E-state index contributed by atoms with van der Waals surface area (Å²) in [6.45, 7) is 7.05. The van der Waals surface area contributed by atoms with Crippen LogP contribution in [0, 0.1) is 32.1 Å². The Balaban J connectivity index is 1.63. The molecule has 0 saturated heterocycles. The average molecular weight is 465 g/mol. The zero-order valence-electron chi connectivity index (χ0n) is 20.4. The molecule has 1 aromatic heterocycles. The van der Waals surface area contributed by atoms with Gasteiger partial charge in [-0.3, -0.25) is 4.98 Å². The van der Waals surface area contributed by atoms with Crippen LogP contribution in [0.25, 0.3) is 11.1 Å². The molecule has 0 spiro atoms. The number of aliphatic imine (C=N–C) groups is 2. The Morgan fingerprint density at radius 1 is 1.00 bits per heavy atom. The van der Waals surface area contributed by atoms with Gasteiger partial charge in [-0.15, -0.1) is 0 Å². The topological polar surface area (TPSA) is 85.9 Å². The zero-order valence-corrected chi connectivity index (χ0v) is 20.4. The first kappa shape index (κ1) is 23.7. The molecular weight excluding hydrogens is 436 g/mol. The number of aromatic nitrogens is 1. The number of benzene rings is 2. The van der Waals surface area contributed by atoms with Crippen LogP contribution < -0.4 is 10.1 Å². The van der Waals surface area contributed by atoms with Crippen LogP contribution in [-0.2, 0) is 0 Å². The lowest BCUT2D eigenvalue weighted by atomic mass is 10.00. The van der Waals surface area contributed by atoms with Gasteiger partial charge in [-0.25, -0.2) is 4.99 Å². The van der Waals surface area contributed by atoms with Gasteiger partial charge in [0.05, 0.1) is 24.7 Å². The van der Waals surface area contributed by atoms with E-state index in [1.807, 2.05) is 69.4 Å². The summed E-state index contributed by atoms with van der Waals surface area (Å²) < 4.78 is 6.40. The lowest BCUT2D eigenvalue weighted by Gasteiger charge is -2.19. The molecule has 35 heavy (non-hydrogen) atoms. The predicted molar refractivity (Wildman–Crippen MR) is 141 cm³/mol. The molecule has 3 aromatic rings. The number of nitrogens with one attached hydrogen (secondary N) is 1. The van der Waals surface area contributed by atoms with E-state index in [2.05, 4.69) is 39.6 Å². The fraction of sp³-hybridized carbons (Fsp3) is 0.214. The van der Waals surface area contributed by atoms with Crippen molar-refractivity contribution >= 4 is 17.5 Å². The van der Waals surface area contributed by atoms with Crippen molar-refractivity contribution in [3.63, 3.8) is 0 Å². The minimum absolute atomic E-state index is 0.448. The summed E-state index contributed by atoms with van der Waals surface area (Å²) in [7, 11) is 1.98. The Kier molecular flexibility index (Phi) is 7.22. The summed E-state index contributed by atoms with van der Waals surface area (Å²) in [5.74, 6) is 1.76. The average Bonchev–Trinajstić information content (AvgIpc) is 2.92. The van der Waals surface area contributed by atoms with Crippen LogP contribution in [0.1, 0.15) is 22.4 Å². The second-order valence-electron chi connectivity index (χ2n) is 8.51. The second kappa shape index (κ2) is 10.7. The number of nitriles is 1. The number of rotatable bonds is 3. The van der Waals surface area contributed by atoms with Crippen LogP contribution in [0.3, 0.4) is 0 Å². The van der Waals surface area contributed by atoms with E-state index in [0.717, 1.165) is 39.4 Å². The Hall–Kier alpha value is -4.44. The summed E-state index contributed by atoms with van der Waals surface area (Å²) in [5, 5.41) is 12.3. The van der Waals surface area contributed by atoms with Gasteiger partial charge >= 0.3 is 0 Å². The second-order valence-corrected chi connectivity index (χ2v) is 8.51. The van der Waals surface area contributed by atoms with Crippen molar-refractivity contribution in [2.45, 2.75) is 20.8 Å². The Morgan fingerprint density at radius 2 is 1.74 bits per heavy atom. The molecule has 0 atom stereocenters.